The van der Waals surface area contributed by atoms with Gasteiger partial charge in [-0.05, 0) is 65.5 Å². The van der Waals surface area contributed by atoms with Crippen molar-refractivity contribution in [3.05, 3.63) is 0 Å². The Morgan fingerprint density at radius 3 is 2.38 bits per heavy atom. The minimum atomic E-state index is -0.729. The van der Waals surface area contributed by atoms with Crippen molar-refractivity contribution in [3.8, 4) is 0 Å². The number of ether oxygens (including phenoxy) is 2. The smallest absolute Gasteiger partial charge is 0.332 e. The van der Waals surface area contributed by atoms with Gasteiger partial charge in [0.1, 0.15) is 6.61 Å². The summed E-state index contributed by atoms with van der Waals surface area (Å²) >= 11 is 0. The zero-order valence-corrected chi connectivity index (χ0v) is 18.1. The Balaban J connectivity index is 1.61. The number of hydrogen-bond acceptors (Lipinski definition) is 7. The highest BCUT2D eigenvalue weighted by Crippen LogP contribution is 2.35. The van der Waals surface area contributed by atoms with Crippen LogP contribution in [0.25, 0.3) is 0 Å². The summed E-state index contributed by atoms with van der Waals surface area (Å²) in [6.45, 7) is 9.26. The second-order valence-electron chi connectivity index (χ2n) is 8.75. The average molecular weight is 411 g/mol. The highest BCUT2D eigenvalue weighted by atomic mass is 16.6. The first kappa shape index (κ1) is 22.5. The van der Waals surface area contributed by atoms with Crippen molar-refractivity contribution in [3.63, 3.8) is 0 Å². The van der Waals surface area contributed by atoms with Crippen LogP contribution in [0.3, 0.4) is 0 Å². The highest BCUT2D eigenvalue weighted by molar-refractivity contribution is 5.70. The number of piperidine rings is 1. The van der Waals surface area contributed by atoms with Crippen LogP contribution in [0.15, 0.2) is 0 Å². The van der Waals surface area contributed by atoms with Crippen LogP contribution in [0.2, 0.25) is 0 Å². The third kappa shape index (κ3) is 5.90. The summed E-state index contributed by atoms with van der Waals surface area (Å²) in [6.07, 6.45) is 7.78. The Kier molecular flexibility index (Phi) is 8.29. The minimum absolute atomic E-state index is 0.114. The normalized spacial score (nSPS) is 24.4. The molecule has 3 rings (SSSR count). The summed E-state index contributed by atoms with van der Waals surface area (Å²) in [4.78, 5) is 26.8. The molecule has 0 atom stereocenters. The second-order valence-corrected chi connectivity index (χ2v) is 8.75. The van der Waals surface area contributed by atoms with Crippen molar-refractivity contribution in [2.45, 2.75) is 76.7 Å². The number of nitrogens with zero attached hydrogens (tertiary/aromatic N) is 3. The summed E-state index contributed by atoms with van der Waals surface area (Å²) < 4.78 is 11.4. The molecule has 166 valence electrons. The average Bonchev–Trinajstić information content (AvgIpc) is 2.74. The van der Waals surface area contributed by atoms with Crippen molar-refractivity contribution in [1.29, 1.82) is 0 Å². The van der Waals surface area contributed by atoms with Gasteiger partial charge in [0.05, 0.1) is 6.10 Å². The molecule has 0 aromatic carbocycles. The van der Waals surface area contributed by atoms with Gasteiger partial charge in [-0.25, -0.2) is 14.8 Å². The van der Waals surface area contributed by atoms with Crippen molar-refractivity contribution in [2.24, 2.45) is 0 Å². The van der Waals surface area contributed by atoms with Gasteiger partial charge in [-0.15, -0.1) is 0 Å². The van der Waals surface area contributed by atoms with E-state index >= 15 is 0 Å². The lowest BCUT2D eigenvalue weighted by Gasteiger charge is -2.51. The number of rotatable bonds is 8. The third-order valence-corrected chi connectivity index (χ3v) is 6.40. The molecule has 8 heteroatoms. The van der Waals surface area contributed by atoms with E-state index in [0.29, 0.717) is 6.04 Å². The Labute approximate surface area is 174 Å². The molecule has 2 saturated heterocycles. The van der Waals surface area contributed by atoms with Crippen LogP contribution in [0, 0.1) is 0 Å². The van der Waals surface area contributed by atoms with Crippen LogP contribution in [0.5, 0.6) is 0 Å². The lowest BCUT2D eigenvalue weighted by Crippen LogP contribution is -2.64. The molecular weight excluding hydrogens is 372 g/mol. The van der Waals surface area contributed by atoms with Gasteiger partial charge in [-0.1, -0.05) is 6.42 Å². The number of amides is 1. The molecule has 3 fully saturated rings. The van der Waals surface area contributed by atoms with Crippen LogP contribution in [-0.4, -0.2) is 91.0 Å². The summed E-state index contributed by atoms with van der Waals surface area (Å²) in [7, 11) is 0. The summed E-state index contributed by atoms with van der Waals surface area (Å²) in [5.41, 5.74) is -0.729. The number of nitrogens with one attached hydrogen (secondary N) is 1. The van der Waals surface area contributed by atoms with E-state index in [0.717, 1.165) is 77.8 Å². The van der Waals surface area contributed by atoms with E-state index in [1.54, 1.807) is 5.01 Å². The van der Waals surface area contributed by atoms with Gasteiger partial charge in [0, 0.05) is 32.2 Å². The molecule has 8 nitrogen and oxygen atoms in total. The molecular formula is C21H38N4O4. The number of hydrogen-bond donors (Lipinski definition) is 1. The molecule has 1 amide bonds. The molecule has 29 heavy (non-hydrogen) atoms. The van der Waals surface area contributed by atoms with Crippen LogP contribution in [0.1, 0.15) is 58.8 Å². The van der Waals surface area contributed by atoms with E-state index in [-0.39, 0.29) is 18.7 Å². The van der Waals surface area contributed by atoms with E-state index in [4.69, 9.17) is 9.47 Å². The number of carbonyl (C=O) groups excluding carboxylic acids is 2. The maximum absolute atomic E-state index is 12.2. The molecule has 2 aliphatic heterocycles. The lowest BCUT2D eigenvalue weighted by molar-refractivity contribution is -0.245. The molecule has 2 heterocycles. The van der Waals surface area contributed by atoms with E-state index in [2.05, 4.69) is 15.2 Å². The molecule has 1 N–H and O–H groups in total. The van der Waals surface area contributed by atoms with Crippen LogP contribution in [-0.2, 0) is 19.1 Å². The maximum atomic E-state index is 12.2. The summed E-state index contributed by atoms with van der Waals surface area (Å²) in [6, 6.07) is 0.647. The number of hydrazine groups is 1. The molecule has 1 aliphatic carbocycles. The van der Waals surface area contributed by atoms with Gasteiger partial charge in [0.15, 0.2) is 5.72 Å². The topological polar surface area (TPSA) is 74.4 Å². The molecule has 3 aliphatic rings. The first-order valence-corrected chi connectivity index (χ1v) is 11.3. The summed E-state index contributed by atoms with van der Waals surface area (Å²) in [5.74, 6) is -0.369. The fraction of sp³-hybridized carbons (Fsp3) is 0.905. The van der Waals surface area contributed by atoms with Gasteiger partial charge in [0.2, 0.25) is 6.41 Å². The zero-order valence-electron chi connectivity index (χ0n) is 18.1. The van der Waals surface area contributed by atoms with Crippen molar-refractivity contribution in [2.75, 3.05) is 45.9 Å². The second kappa shape index (κ2) is 10.7. The fourth-order valence-corrected chi connectivity index (χ4v) is 4.92. The van der Waals surface area contributed by atoms with Gasteiger partial charge < -0.3 is 14.8 Å². The van der Waals surface area contributed by atoms with Gasteiger partial charge in [-0.3, -0.25) is 9.69 Å². The zero-order chi connectivity index (χ0) is 20.7. The molecule has 0 unspecified atom stereocenters. The molecule has 0 spiro atoms. The van der Waals surface area contributed by atoms with Crippen LogP contribution < -0.4 is 5.32 Å². The maximum Gasteiger partial charge on any atom is 0.332 e. The predicted molar refractivity (Wildman–Crippen MR) is 110 cm³/mol. The van der Waals surface area contributed by atoms with Crippen molar-refractivity contribution < 1.29 is 19.1 Å². The number of esters is 1. The van der Waals surface area contributed by atoms with Crippen molar-refractivity contribution in [1.82, 2.24) is 20.2 Å². The van der Waals surface area contributed by atoms with Gasteiger partial charge >= 0.3 is 5.97 Å². The number of carbonyl (C=O) groups is 2. The predicted octanol–water partition coefficient (Wildman–Crippen LogP) is 1.36. The van der Waals surface area contributed by atoms with Gasteiger partial charge in [-0.2, -0.15) is 0 Å². The van der Waals surface area contributed by atoms with E-state index in [1.165, 1.54) is 12.8 Å². The van der Waals surface area contributed by atoms with Crippen molar-refractivity contribution >= 4 is 12.4 Å². The molecule has 0 aromatic heterocycles. The quantitative estimate of drug-likeness (QED) is 0.368. The first-order chi connectivity index (χ1) is 14.0. The standard InChI is InChI=1S/C21H38N4O4/c1-18(2)29-20(27)16-28-21(8-4-3-5-9-21)25(17-26)24-14-12-23(13-15-24)19-6-10-22-11-7-19/h17-19,22H,3-16H2,1-2H3. The Bertz CT molecular complexity index is 525. The SMILES string of the molecule is CC(C)OC(=O)COC1(N(C=O)N2CCN(C3CCNCC3)CC2)CCCCC1. The van der Waals surface area contributed by atoms with E-state index in [1.807, 2.05) is 13.8 Å². The van der Waals surface area contributed by atoms with Crippen LogP contribution >= 0.6 is 0 Å². The minimum Gasteiger partial charge on any atom is -0.461 e. The first-order valence-electron chi connectivity index (χ1n) is 11.3. The fourth-order valence-electron chi connectivity index (χ4n) is 4.92. The largest absolute Gasteiger partial charge is 0.461 e. The molecule has 0 radical (unpaired) electrons. The highest BCUT2D eigenvalue weighted by Gasteiger charge is 2.43. The molecule has 1 saturated carbocycles. The van der Waals surface area contributed by atoms with E-state index in [9.17, 15) is 9.59 Å². The third-order valence-electron chi connectivity index (χ3n) is 6.40. The Hall–Kier alpha value is -1.22. The van der Waals surface area contributed by atoms with Gasteiger partial charge in [0.25, 0.3) is 0 Å². The Morgan fingerprint density at radius 2 is 1.79 bits per heavy atom. The molecule has 0 bridgehead atoms. The number of piperazine rings is 1. The van der Waals surface area contributed by atoms with E-state index < -0.39 is 5.72 Å². The molecule has 0 aromatic rings. The monoisotopic (exact) mass is 410 g/mol. The summed E-state index contributed by atoms with van der Waals surface area (Å²) in [5, 5.41) is 7.31. The lowest BCUT2D eigenvalue weighted by atomic mass is 9.91. The van der Waals surface area contributed by atoms with Crippen LogP contribution in [0.4, 0.5) is 0 Å². The Morgan fingerprint density at radius 1 is 1.14 bits per heavy atom.